The summed E-state index contributed by atoms with van der Waals surface area (Å²) in [4.78, 5) is 10.5. The molecule has 0 fully saturated rings. The van der Waals surface area contributed by atoms with Gasteiger partial charge in [0.2, 0.25) is 0 Å². The lowest BCUT2D eigenvalue weighted by molar-refractivity contribution is -0.131. The van der Waals surface area contributed by atoms with Crippen LogP contribution in [-0.2, 0) is 10.2 Å². The third-order valence-corrected chi connectivity index (χ3v) is 2.64. The van der Waals surface area contributed by atoms with E-state index in [4.69, 9.17) is 5.11 Å². The van der Waals surface area contributed by atoms with Gasteiger partial charge in [-0.25, -0.2) is 4.79 Å². The van der Waals surface area contributed by atoms with Crippen LogP contribution < -0.4 is 0 Å². The minimum atomic E-state index is -4.69. The van der Waals surface area contributed by atoms with Crippen LogP contribution in [0.1, 0.15) is 31.9 Å². The van der Waals surface area contributed by atoms with Gasteiger partial charge in [-0.05, 0) is 16.5 Å². The minimum Gasteiger partial charge on any atom is -0.478 e. The summed E-state index contributed by atoms with van der Waals surface area (Å²) in [5.41, 5.74) is -0.593. The summed E-state index contributed by atoms with van der Waals surface area (Å²) in [5, 5.41) is 8.52. The maximum absolute atomic E-state index is 12.8. The molecule has 0 amide bonds. The number of hydrogen-bond acceptors (Lipinski definition) is 1. The topological polar surface area (TPSA) is 37.3 Å². The van der Waals surface area contributed by atoms with Crippen molar-refractivity contribution in [1.29, 1.82) is 0 Å². The molecule has 1 aromatic rings. The normalized spacial score (nSPS) is 13.5. The molecule has 0 spiro atoms. The number of allylic oxidation sites excluding steroid dienone is 1. The van der Waals surface area contributed by atoms with Crippen LogP contribution >= 0.6 is 0 Å². The summed E-state index contributed by atoms with van der Waals surface area (Å²) in [6, 6.07) is 5.75. The predicted molar refractivity (Wildman–Crippen MR) is 66.8 cm³/mol. The Hall–Kier alpha value is -1.78. The van der Waals surface area contributed by atoms with Crippen molar-refractivity contribution in [3.63, 3.8) is 0 Å². The Morgan fingerprint density at radius 2 is 1.58 bits per heavy atom. The van der Waals surface area contributed by atoms with Gasteiger partial charge in [0.1, 0.15) is 0 Å². The molecule has 0 aromatic heterocycles. The maximum atomic E-state index is 12.8. The van der Waals surface area contributed by atoms with E-state index < -0.39 is 17.7 Å². The van der Waals surface area contributed by atoms with Crippen LogP contribution in [0.5, 0.6) is 0 Å². The maximum Gasteiger partial charge on any atom is 0.417 e. The van der Waals surface area contributed by atoms with Gasteiger partial charge in [0.25, 0.3) is 0 Å². The zero-order chi connectivity index (χ0) is 14.8. The summed E-state index contributed by atoms with van der Waals surface area (Å²) in [6.45, 7) is 5.83. The Bertz CT molecular complexity index is 491. The van der Waals surface area contributed by atoms with Crippen LogP contribution in [0.4, 0.5) is 13.2 Å². The van der Waals surface area contributed by atoms with E-state index in [0.717, 1.165) is 5.56 Å². The van der Waals surface area contributed by atoms with Crippen molar-refractivity contribution in [2.24, 2.45) is 0 Å². The van der Waals surface area contributed by atoms with Crippen LogP contribution in [-0.4, -0.2) is 17.3 Å². The van der Waals surface area contributed by atoms with Gasteiger partial charge in [-0.15, -0.1) is 0 Å². The number of carboxylic acid groups (broad SMARTS) is 1. The highest BCUT2D eigenvalue weighted by atomic mass is 19.4. The van der Waals surface area contributed by atoms with Crippen LogP contribution in [0.25, 0.3) is 5.57 Å². The first-order valence-electron chi connectivity index (χ1n) is 5.64. The molecular formula is C14H15F3O2. The lowest BCUT2D eigenvalue weighted by Gasteiger charge is -2.20. The van der Waals surface area contributed by atoms with Gasteiger partial charge in [0, 0.05) is 6.08 Å². The largest absolute Gasteiger partial charge is 0.478 e. The van der Waals surface area contributed by atoms with Gasteiger partial charge in [0.15, 0.2) is 0 Å². The summed E-state index contributed by atoms with van der Waals surface area (Å²) >= 11 is 0. The monoisotopic (exact) mass is 272 g/mol. The van der Waals surface area contributed by atoms with Crippen molar-refractivity contribution in [2.75, 3.05) is 0 Å². The van der Waals surface area contributed by atoms with Crippen molar-refractivity contribution in [3.05, 3.63) is 41.5 Å². The molecule has 0 saturated carbocycles. The Labute approximate surface area is 109 Å². The van der Waals surface area contributed by atoms with E-state index in [9.17, 15) is 18.0 Å². The number of carbonyl (C=O) groups is 1. The molecule has 0 aliphatic rings. The van der Waals surface area contributed by atoms with E-state index in [-0.39, 0.29) is 17.1 Å². The summed E-state index contributed by atoms with van der Waals surface area (Å²) in [5.74, 6) is -1.62. The summed E-state index contributed by atoms with van der Waals surface area (Å²) in [6.07, 6.45) is -4.51. The molecule has 0 heterocycles. The first-order valence-corrected chi connectivity index (χ1v) is 5.64. The Morgan fingerprint density at radius 1 is 1.11 bits per heavy atom. The van der Waals surface area contributed by atoms with E-state index in [1.807, 2.05) is 20.8 Å². The van der Waals surface area contributed by atoms with E-state index in [1.54, 1.807) is 12.1 Å². The molecule has 1 aromatic carbocycles. The molecule has 0 bridgehead atoms. The van der Waals surface area contributed by atoms with Gasteiger partial charge < -0.3 is 5.11 Å². The number of aliphatic carboxylic acids is 1. The number of carboxylic acids is 1. The van der Waals surface area contributed by atoms with Crippen molar-refractivity contribution in [2.45, 2.75) is 32.4 Å². The molecule has 1 rings (SSSR count). The van der Waals surface area contributed by atoms with Crippen LogP contribution in [0.3, 0.4) is 0 Å². The van der Waals surface area contributed by atoms with Crippen LogP contribution in [0.15, 0.2) is 30.3 Å². The smallest absolute Gasteiger partial charge is 0.417 e. The molecule has 2 nitrogen and oxygen atoms in total. The van der Waals surface area contributed by atoms with E-state index in [2.05, 4.69) is 0 Å². The third kappa shape index (κ3) is 4.12. The van der Waals surface area contributed by atoms with E-state index in [0.29, 0.717) is 0 Å². The Morgan fingerprint density at radius 3 is 1.89 bits per heavy atom. The highest BCUT2D eigenvalue weighted by molar-refractivity contribution is 5.91. The molecule has 0 unspecified atom stereocenters. The number of benzene rings is 1. The molecule has 104 valence electrons. The standard InChI is InChI=1S/C14H15F3O2/c1-13(2,3)10-6-4-9(5-7-10)11(8-12(18)19)14(15,16)17/h4-8H,1-3H3,(H,18,19). The molecule has 0 aliphatic heterocycles. The first kappa shape index (κ1) is 15.3. The third-order valence-electron chi connectivity index (χ3n) is 2.64. The van der Waals surface area contributed by atoms with Gasteiger partial charge >= 0.3 is 12.1 Å². The SMILES string of the molecule is CC(C)(C)c1ccc(C(=CC(=O)O)C(F)(F)F)cc1. The second-order valence-corrected chi connectivity index (χ2v) is 5.22. The number of rotatable bonds is 2. The molecular weight excluding hydrogens is 257 g/mol. The van der Waals surface area contributed by atoms with E-state index in [1.165, 1.54) is 12.1 Å². The molecule has 5 heteroatoms. The Balaban J connectivity index is 3.24. The fourth-order valence-electron chi connectivity index (χ4n) is 1.60. The van der Waals surface area contributed by atoms with Crippen molar-refractivity contribution >= 4 is 11.5 Å². The predicted octanol–water partition coefficient (Wildman–Crippen LogP) is 4.01. The molecule has 1 N–H and O–H groups in total. The second-order valence-electron chi connectivity index (χ2n) is 5.22. The van der Waals surface area contributed by atoms with Gasteiger partial charge in [0.05, 0.1) is 5.57 Å². The average molecular weight is 272 g/mol. The minimum absolute atomic E-state index is 0.150. The first-order chi connectivity index (χ1) is 8.51. The number of hydrogen-bond donors (Lipinski definition) is 1. The summed E-state index contributed by atoms with van der Waals surface area (Å²) < 4.78 is 38.3. The molecule has 19 heavy (non-hydrogen) atoms. The highest BCUT2D eigenvalue weighted by Crippen LogP contribution is 2.34. The lowest BCUT2D eigenvalue weighted by Crippen LogP contribution is -2.14. The fourth-order valence-corrected chi connectivity index (χ4v) is 1.60. The zero-order valence-electron chi connectivity index (χ0n) is 10.9. The summed E-state index contributed by atoms with van der Waals surface area (Å²) in [7, 11) is 0. The highest BCUT2D eigenvalue weighted by Gasteiger charge is 2.35. The Kier molecular flexibility index (Phi) is 4.08. The number of halogens is 3. The van der Waals surface area contributed by atoms with Crippen molar-refractivity contribution < 1.29 is 23.1 Å². The number of alkyl halides is 3. The molecule has 0 radical (unpaired) electrons. The molecule has 0 atom stereocenters. The van der Waals surface area contributed by atoms with Gasteiger partial charge in [-0.2, -0.15) is 13.2 Å². The zero-order valence-corrected chi connectivity index (χ0v) is 10.9. The molecule has 0 saturated heterocycles. The fraction of sp³-hybridized carbons (Fsp3) is 0.357. The molecule has 0 aliphatic carbocycles. The van der Waals surface area contributed by atoms with Crippen molar-refractivity contribution in [1.82, 2.24) is 0 Å². The van der Waals surface area contributed by atoms with Gasteiger partial charge in [-0.3, -0.25) is 0 Å². The average Bonchev–Trinajstić information content (AvgIpc) is 2.23. The van der Waals surface area contributed by atoms with Crippen LogP contribution in [0.2, 0.25) is 0 Å². The second kappa shape index (κ2) is 5.07. The van der Waals surface area contributed by atoms with E-state index >= 15 is 0 Å². The van der Waals surface area contributed by atoms with Crippen molar-refractivity contribution in [3.8, 4) is 0 Å². The lowest BCUT2D eigenvalue weighted by atomic mass is 9.86. The van der Waals surface area contributed by atoms with Gasteiger partial charge in [-0.1, -0.05) is 45.0 Å². The van der Waals surface area contributed by atoms with Crippen LogP contribution in [0, 0.1) is 0 Å². The quantitative estimate of drug-likeness (QED) is 0.826.